The maximum absolute atomic E-state index is 12.9. The minimum atomic E-state index is -2.55. The van der Waals surface area contributed by atoms with Gasteiger partial charge in [0.2, 0.25) is 0 Å². The van der Waals surface area contributed by atoms with E-state index in [1.165, 1.54) is 5.51 Å². The molecule has 3 heterocycles. The minimum absolute atomic E-state index is 0.0491. The summed E-state index contributed by atoms with van der Waals surface area (Å²) < 4.78 is 25.8. The summed E-state index contributed by atoms with van der Waals surface area (Å²) in [7, 11) is 0. The van der Waals surface area contributed by atoms with Gasteiger partial charge < -0.3 is 4.98 Å². The monoisotopic (exact) mass is 275 g/mol. The lowest BCUT2D eigenvalue weighted by molar-refractivity contribution is 0.156. The Morgan fingerprint density at radius 2 is 2.21 bits per heavy atom. The summed E-state index contributed by atoms with van der Waals surface area (Å²) in [6.45, 7) is 0. The van der Waals surface area contributed by atoms with E-state index < -0.39 is 6.43 Å². The molecule has 3 aromatic heterocycles. The largest absolute Gasteiger partial charge is 0.345 e. The fraction of sp³-hybridized carbons (Fsp3) is 0.0769. The molecule has 3 aromatic rings. The molecular weight excluding hydrogens is 268 g/mol. The van der Waals surface area contributed by atoms with Crippen LogP contribution < -0.4 is 0 Å². The Kier molecular flexibility index (Phi) is 2.76. The van der Waals surface area contributed by atoms with Crippen molar-refractivity contribution in [2.75, 3.05) is 0 Å². The maximum Gasteiger partial charge on any atom is 0.275 e. The van der Waals surface area contributed by atoms with E-state index in [0.717, 1.165) is 11.3 Å². The van der Waals surface area contributed by atoms with E-state index in [1.54, 1.807) is 18.5 Å². The number of aromatic nitrogens is 3. The van der Waals surface area contributed by atoms with E-state index in [9.17, 15) is 8.78 Å². The van der Waals surface area contributed by atoms with Crippen LogP contribution >= 0.6 is 11.3 Å². The molecule has 94 valence electrons. The van der Waals surface area contributed by atoms with Crippen molar-refractivity contribution >= 4 is 22.4 Å². The smallest absolute Gasteiger partial charge is 0.275 e. The van der Waals surface area contributed by atoms with Crippen LogP contribution in [0.3, 0.4) is 0 Å². The van der Waals surface area contributed by atoms with Gasteiger partial charge in [-0.25, -0.2) is 18.7 Å². The van der Waals surface area contributed by atoms with Crippen molar-refractivity contribution in [2.24, 2.45) is 0 Å². The van der Waals surface area contributed by atoms with Crippen molar-refractivity contribution in [3.63, 3.8) is 0 Å². The molecule has 0 unspecified atom stereocenters. The van der Waals surface area contributed by atoms with Crippen molar-refractivity contribution in [3.05, 3.63) is 34.4 Å². The number of aromatic amines is 1. The number of hydrogen-bond acceptors (Lipinski definition) is 3. The zero-order valence-corrected chi connectivity index (χ0v) is 10.3. The summed E-state index contributed by atoms with van der Waals surface area (Å²) in [6, 6.07) is 1.74. The first-order valence-corrected chi connectivity index (χ1v) is 6.24. The lowest BCUT2D eigenvalue weighted by Crippen LogP contribution is -1.86. The molecule has 0 aromatic carbocycles. The van der Waals surface area contributed by atoms with Gasteiger partial charge in [0, 0.05) is 28.9 Å². The van der Waals surface area contributed by atoms with E-state index in [-0.39, 0.29) is 10.6 Å². The van der Waals surface area contributed by atoms with E-state index in [1.807, 2.05) is 0 Å². The molecule has 0 saturated carbocycles. The predicted octanol–water partition coefficient (Wildman–Crippen LogP) is 3.61. The molecule has 0 fully saturated rings. The average molecular weight is 275 g/mol. The molecule has 0 aliphatic heterocycles. The van der Waals surface area contributed by atoms with Gasteiger partial charge in [0.15, 0.2) is 0 Å². The first kappa shape index (κ1) is 11.8. The number of halogens is 2. The Bertz CT molecular complexity index is 783. The molecule has 0 spiro atoms. The molecule has 0 saturated heterocycles. The quantitative estimate of drug-likeness (QED) is 0.726. The number of H-pyrrole nitrogens is 1. The van der Waals surface area contributed by atoms with Crippen LogP contribution in [-0.2, 0) is 0 Å². The molecular formula is C13H7F2N3S. The third-order valence-electron chi connectivity index (χ3n) is 2.75. The Morgan fingerprint density at radius 3 is 2.95 bits per heavy atom. The second-order valence-electron chi connectivity index (χ2n) is 3.83. The third kappa shape index (κ3) is 1.88. The van der Waals surface area contributed by atoms with E-state index >= 15 is 0 Å². The van der Waals surface area contributed by atoms with Crippen LogP contribution in [0.5, 0.6) is 0 Å². The van der Waals surface area contributed by atoms with Crippen LogP contribution in [0.25, 0.3) is 22.3 Å². The molecule has 3 nitrogen and oxygen atoms in total. The molecule has 0 amide bonds. The molecule has 6 heteroatoms. The number of hydrogen-bond donors (Lipinski definition) is 1. The molecule has 0 atom stereocenters. The third-order valence-corrected chi connectivity index (χ3v) is 3.58. The maximum atomic E-state index is 12.9. The number of pyridine rings is 1. The Hall–Kier alpha value is -2.26. The fourth-order valence-electron chi connectivity index (χ4n) is 1.89. The number of rotatable bonds is 2. The van der Waals surface area contributed by atoms with Gasteiger partial charge in [-0.2, -0.15) is 0 Å². The minimum Gasteiger partial charge on any atom is -0.345 e. The van der Waals surface area contributed by atoms with Crippen molar-refractivity contribution in [1.29, 1.82) is 0 Å². The van der Waals surface area contributed by atoms with Crippen LogP contribution in [0.4, 0.5) is 8.78 Å². The average Bonchev–Trinajstić information content (AvgIpc) is 3.03. The van der Waals surface area contributed by atoms with Crippen LogP contribution in [-0.4, -0.2) is 15.0 Å². The summed E-state index contributed by atoms with van der Waals surface area (Å²) in [5, 5.41) is 0.697. The zero-order chi connectivity index (χ0) is 13.4. The summed E-state index contributed by atoms with van der Waals surface area (Å²) in [4.78, 5) is 11.1. The highest BCUT2D eigenvalue weighted by atomic mass is 32.1. The van der Waals surface area contributed by atoms with E-state index in [2.05, 4.69) is 20.9 Å². The normalized spacial score (nSPS) is 11.1. The van der Waals surface area contributed by atoms with Gasteiger partial charge >= 0.3 is 0 Å². The molecule has 0 radical (unpaired) electrons. The number of alkyl halides is 2. The molecule has 0 aliphatic rings. The lowest BCUT2D eigenvalue weighted by atomic mass is 10.1. The summed E-state index contributed by atoms with van der Waals surface area (Å²) in [6.07, 6.45) is 5.95. The zero-order valence-electron chi connectivity index (χ0n) is 9.52. The highest BCUT2D eigenvalue weighted by molar-refractivity contribution is 7.10. The summed E-state index contributed by atoms with van der Waals surface area (Å²) in [5.74, 6) is 2.48. The number of thiazole rings is 1. The number of nitrogens with one attached hydrogen (secondary N) is 1. The Balaban J connectivity index is 2.25. The van der Waals surface area contributed by atoms with Gasteiger partial charge in [0.05, 0.1) is 16.1 Å². The first-order chi connectivity index (χ1) is 9.20. The van der Waals surface area contributed by atoms with Gasteiger partial charge in [0.25, 0.3) is 6.43 Å². The SMILES string of the molecule is C#Cc1cnc2[nH]cc(-c3ncsc3C(F)F)c2c1. The number of fused-ring (bicyclic) bond motifs is 1. The van der Waals surface area contributed by atoms with Gasteiger partial charge in [-0.1, -0.05) is 5.92 Å². The van der Waals surface area contributed by atoms with Crippen molar-refractivity contribution in [2.45, 2.75) is 6.43 Å². The van der Waals surface area contributed by atoms with Gasteiger partial charge in [-0.3, -0.25) is 0 Å². The van der Waals surface area contributed by atoms with Gasteiger partial charge in [-0.05, 0) is 6.07 Å². The van der Waals surface area contributed by atoms with Crippen LogP contribution in [0.2, 0.25) is 0 Å². The Labute approximate surface area is 111 Å². The molecule has 0 bridgehead atoms. The molecule has 0 aliphatic carbocycles. The lowest BCUT2D eigenvalue weighted by Gasteiger charge is -2.00. The van der Waals surface area contributed by atoms with Crippen molar-refractivity contribution in [3.8, 4) is 23.6 Å². The van der Waals surface area contributed by atoms with E-state index in [4.69, 9.17) is 6.42 Å². The second-order valence-corrected chi connectivity index (χ2v) is 4.72. The summed E-state index contributed by atoms with van der Waals surface area (Å²) in [5.41, 5.74) is 3.48. The first-order valence-electron chi connectivity index (χ1n) is 5.36. The van der Waals surface area contributed by atoms with Gasteiger partial charge in [-0.15, -0.1) is 17.8 Å². The summed E-state index contributed by atoms with van der Waals surface area (Å²) >= 11 is 0.939. The highest BCUT2D eigenvalue weighted by Crippen LogP contribution is 2.36. The van der Waals surface area contributed by atoms with Crippen LogP contribution in [0.15, 0.2) is 24.0 Å². The Morgan fingerprint density at radius 1 is 1.37 bits per heavy atom. The standard InChI is InChI=1S/C13H7F2N3S/c1-2-7-3-8-9(5-17-13(8)16-4-7)10-11(12(14)15)19-6-18-10/h1,3-6,12H,(H,16,17). The molecule has 19 heavy (non-hydrogen) atoms. The van der Waals surface area contributed by atoms with Crippen LogP contribution in [0, 0.1) is 12.3 Å². The van der Waals surface area contributed by atoms with Gasteiger partial charge in [0.1, 0.15) is 5.65 Å². The highest BCUT2D eigenvalue weighted by Gasteiger charge is 2.20. The topological polar surface area (TPSA) is 41.6 Å². The molecule has 3 rings (SSSR count). The predicted molar refractivity (Wildman–Crippen MR) is 70.1 cm³/mol. The molecule has 1 N–H and O–H groups in total. The van der Waals surface area contributed by atoms with Crippen molar-refractivity contribution in [1.82, 2.24) is 15.0 Å². The fourth-order valence-corrected chi connectivity index (χ4v) is 2.54. The number of nitrogens with zero attached hydrogens (tertiary/aromatic N) is 2. The second kappa shape index (κ2) is 4.44. The van der Waals surface area contributed by atoms with Crippen molar-refractivity contribution < 1.29 is 8.78 Å². The number of terminal acetylenes is 1. The van der Waals surface area contributed by atoms with Crippen LogP contribution in [0.1, 0.15) is 16.9 Å². The van der Waals surface area contributed by atoms with E-state index in [0.29, 0.717) is 22.2 Å².